The molecule has 308 valence electrons. The van der Waals surface area contributed by atoms with Gasteiger partial charge >= 0.3 is 0 Å². The summed E-state index contributed by atoms with van der Waals surface area (Å²) in [6.07, 6.45) is 0. The first-order valence-electron chi connectivity index (χ1n) is 22.0. The van der Waals surface area contributed by atoms with Crippen molar-refractivity contribution in [2.24, 2.45) is 0 Å². The molecule has 5 heteroatoms. The van der Waals surface area contributed by atoms with E-state index in [1.807, 2.05) is 11.3 Å². The number of rotatable bonds is 10. The molecule has 2 heterocycles. The largest absolute Gasteiger partial charge is 0.310 e. The molecule has 12 rings (SSSR count). The van der Waals surface area contributed by atoms with Gasteiger partial charge in [-0.05, 0) is 133 Å². The molecule has 0 unspecified atom stereocenters. The van der Waals surface area contributed by atoms with Gasteiger partial charge in [-0.25, -0.2) is 0 Å². The van der Waals surface area contributed by atoms with Gasteiger partial charge in [0.05, 0.1) is 11.0 Å². The van der Waals surface area contributed by atoms with Crippen LogP contribution in [0.4, 0.5) is 51.2 Å². The van der Waals surface area contributed by atoms with E-state index in [4.69, 9.17) is 0 Å². The molecule has 0 saturated carbocycles. The highest BCUT2D eigenvalue weighted by atomic mass is 32.1. The predicted octanol–water partition coefficient (Wildman–Crippen LogP) is 17.6. The second-order valence-electron chi connectivity index (χ2n) is 16.2. The Balaban J connectivity index is 1.00. The monoisotopic (exact) mass is 850 g/mol. The van der Waals surface area contributed by atoms with E-state index < -0.39 is 0 Å². The Bertz CT molecular complexity index is 3510. The van der Waals surface area contributed by atoms with E-state index >= 15 is 0 Å². The maximum absolute atomic E-state index is 2.41. The summed E-state index contributed by atoms with van der Waals surface area (Å²) in [5, 5.41) is 4.88. The molecule has 0 atom stereocenters. The van der Waals surface area contributed by atoms with E-state index in [1.165, 1.54) is 30.9 Å². The van der Waals surface area contributed by atoms with Crippen molar-refractivity contribution in [1.29, 1.82) is 0 Å². The lowest BCUT2D eigenvalue weighted by molar-refractivity contribution is 1.17. The summed E-state index contributed by atoms with van der Waals surface area (Å²) in [6.45, 7) is 0. The summed E-state index contributed by atoms with van der Waals surface area (Å²) < 4.78 is 4.93. The van der Waals surface area contributed by atoms with E-state index in [9.17, 15) is 0 Å². The third-order valence-electron chi connectivity index (χ3n) is 12.3. The van der Waals surface area contributed by atoms with Crippen LogP contribution in [0.15, 0.2) is 255 Å². The summed E-state index contributed by atoms with van der Waals surface area (Å²) in [6, 6.07) is 91.7. The van der Waals surface area contributed by atoms with Crippen LogP contribution >= 0.6 is 11.3 Å². The maximum Gasteiger partial charge on any atom is 0.0561 e. The van der Waals surface area contributed by atoms with Crippen LogP contribution in [0.1, 0.15) is 0 Å². The number of anilines is 9. The van der Waals surface area contributed by atoms with Gasteiger partial charge in [0.2, 0.25) is 0 Å². The summed E-state index contributed by atoms with van der Waals surface area (Å²) in [7, 11) is 0. The molecule has 0 aliphatic carbocycles. The summed E-state index contributed by atoms with van der Waals surface area (Å²) in [4.78, 5) is 7.07. The van der Waals surface area contributed by atoms with Gasteiger partial charge in [0.25, 0.3) is 0 Å². The van der Waals surface area contributed by atoms with Crippen molar-refractivity contribution < 1.29 is 0 Å². The van der Waals surface area contributed by atoms with Crippen molar-refractivity contribution in [3.63, 3.8) is 0 Å². The molecule has 2 aromatic heterocycles. The van der Waals surface area contributed by atoms with Crippen molar-refractivity contribution in [2.75, 3.05) is 14.7 Å². The van der Waals surface area contributed by atoms with Crippen LogP contribution in [0.3, 0.4) is 0 Å². The topological polar surface area (TPSA) is 14.7 Å². The van der Waals surface area contributed by atoms with Crippen LogP contribution in [0, 0.1) is 0 Å². The smallest absolute Gasteiger partial charge is 0.0561 e. The van der Waals surface area contributed by atoms with Gasteiger partial charge in [0, 0.05) is 87.8 Å². The molecule has 0 fully saturated rings. The Morgan fingerprint density at radius 3 is 1.14 bits per heavy atom. The molecule has 0 aliphatic rings. The fourth-order valence-electron chi connectivity index (χ4n) is 9.39. The molecule has 0 N–H and O–H groups in total. The summed E-state index contributed by atoms with van der Waals surface area (Å²) in [5.41, 5.74) is 13.4. The van der Waals surface area contributed by atoms with E-state index in [2.05, 4.69) is 274 Å². The minimum Gasteiger partial charge on any atom is -0.310 e. The van der Waals surface area contributed by atoms with Crippen molar-refractivity contribution >= 4 is 105 Å². The minimum atomic E-state index is 1.09. The van der Waals surface area contributed by atoms with E-state index in [0.29, 0.717) is 0 Å². The first-order valence-corrected chi connectivity index (χ1v) is 22.8. The van der Waals surface area contributed by atoms with E-state index in [1.54, 1.807) is 0 Å². The predicted molar refractivity (Wildman–Crippen MR) is 278 cm³/mol. The number of thiophene rings is 1. The second kappa shape index (κ2) is 16.4. The number of hydrogen-bond donors (Lipinski definition) is 0. The van der Waals surface area contributed by atoms with Gasteiger partial charge < -0.3 is 19.3 Å². The summed E-state index contributed by atoms with van der Waals surface area (Å²) >= 11 is 1.85. The zero-order valence-electron chi connectivity index (χ0n) is 35.4. The first-order chi connectivity index (χ1) is 32.2. The number of benzene rings is 10. The van der Waals surface area contributed by atoms with Crippen molar-refractivity contribution in [1.82, 2.24) is 4.57 Å². The molecule has 0 bridgehead atoms. The molecule has 4 nitrogen and oxygen atoms in total. The number of para-hydroxylation sites is 6. The molecular formula is C60H42N4S. The van der Waals surface area contributed by atoms with Gasteiger partial charge in [-0.2, -0.15) is 0 Å². The number of fused-ring (bicyclic) bond motifs is 6. The number of nitrogens with zero attached hydrogens (tertiary/aromatic N) is 4. The van der Waals surface area contributed by atoms with Crippen LogP contribution in [0.25, 0.3) is 47.7 Å². The van der Waals surface area contributed by atoms with Gasteiger partial charge in [-0.3, -0.25) is 0 Å². The fourth-order valence-corrected chi connectivity index (χ4v) is 10.5. The van der Waals surface area contributed by atoms with Crippen LogP contribution < -0.4 is 14.7 Å². The Morgan fingerprint density at radius 1 is 0.246 bits per heavy atom. The molecular weight excluding hydrogens is 809 g/mol. The lowest BCUT2D eigenvalue weighted by Crippen LogP contribution is -2.09. The number of hydrogen-bond acceptors (Lipinski definition) is 4. The zero-order chi connectivity index (χ0) is 43.1. The first kappa shape index (κ1) is 38.3. The second-order valence-corrected chi connectivity index (χ2v) is 17.3. The van der Waals surface area contributed by atoms with Crippen molar-refractivity contribution in [3.8, 4) is 5.69 Å². The highest BCUT2D eigenvalue weighted by Crippen LogP contribution is 2.46. The van der Waals surface area contributed by atoms with Gasteiger partial charge in [0.1, 0.15) is 0 Å². The third-order valence-corrected chi connectivity index (χ3v) is 13.4. The Labute approximate surface area is 382 Å². The molecule has 10 aromatic carbocycles. The lowest BCUT2D eigenvalue weighted by atomic mass is 10.1. The highest BCUT2D eigenvalue weighted by molar-refractivity contribution is 7.25. The summed E-state index contributed by atoms with van der Waals surface area (Å²) in [5.74, 6) is 0. The normalized spacial score (nSPS) is 11.4. The Hall–Kier alpha value is -8.38. The highest BCUT2D eigenvalue weighted by Gasteiger charge is 2.21. The Kier molecular flexibility index (Phi) is 9.66. The quantitative estimate of drug-likeness (QED) is 0.136. The van der Waals surface area contributed by atoms with Crippen molar-refractivity contribution in [3.05, 3.63) is 255 Å². The Morgan fingerprint density at radius 2 is 0.631 bits per heavy atom. The van der Waals surface area contributed by atoms with Crippen molar-refractivity contribution in [2.45, 2.75) is 0 Å². The average molecular weight is 851 g/mol. The van der Waals surface area contributed by atoms with Crippen LogP contribution in [-0.2, 0) is 0 Å². The van der Waals surface area contributed by atoms with Crippen LogP contribution in [-0.4, -0.2) is 4.57 Å². The lowest BCUT2D eigenvalue weighted by Gasteiger charge is -2.26. The average Bonchev–Trinajstić information content (AvgIpc) is 3.90. The molecule has 0 saturated heterocycles. The molecule has 65 heavy (non-hydrogen) atoms. The third kappa shape index (κ3) is 6.96. The molecule has 0 amide bonds. The molecule has 0 aliphatic heterocycles. The maximum atomic E-state index is 2.41. The van der Waals surface area contributed by atoms with E-state index in [-0.39, 0.29) is 0 Å². The molecule has 0 spiro atoms. The van der Waals surface area contributed by atoms with Crippen LogP contribution in [0.2, 0.25) is 0 Å². The van der Waals surface area contributed by atoms with Gasteiger partial charge in [0.15, 0.2) is 0 Å². The molecule has 0 radical (unpaired) electrons. The van der Waals surface area contributed by atoms with E-state index in [0.717, 1.165) is 67.9 Å². The SMILES string of the molecule is c1ccc(N(c2ccccc2)c2ccc3c(c2)sc2ccc(N(c4ccccc4)c4ccc5c(c4)c4ccc(N(c6ccccc6)c6ccccc6)cc4n5-c4ccccc4)cc23)cc1. The molecule has 12 aromatic rings. The standard InChI is InChI=1S/C60H42N4S/c1-7-19-43(20-8-1)61(44-21-9-2-10-22-44)51-31-35-53-55-39-49(33-37-57(55)64(58(53)41-51)48-29-17-6-18-30-48)63(47-27-15-5-16-28-47)50-34-38-59-56(40-50)54-36-32-52(42-60(54)65-59)62(45-23-11-3-12-24-45)46-25-13-4-14-26-46/h1-42H. The fraction of sp³-hybridized carbons (Fsp3) is 0. The number of aromatic nitrogens is 1. The van der Waals surface area contributed by atoms with Crippen LogP contribution in [0.5, 0.6) is 0 Å². The minimum absolute atomic E-state index is 1.09. The van der Waals surface area contributed by atoms with Gasteiger partial charge in [-0.1, -0.05) is 121 Å². The zero-order valence-corrected chi connectivity index (χ0v) is 36.3. The van der Waals surface area contributed by atoms with Gasteiger partial charge in [-0.15, -0.1) is 11.3 Å².